The average Bonchev–Trinajstić information content (AvgIpc) is 3.75. The molecule has 4 aromatic rings. The number of hydrogen-bond donors (Lipinski definition) is 2. The second kappa shape index (κ2) is 12.8. The van der Waals surface area contributed by atoms with Gasteiger partial charge in [0, 0.05) is 55.4 Å². The molecule has 2 aliphatic heterocycles. The molecule has 1 aliphatic carbocycles. The van der Waals surface area contributed by atoms with Crippen LogP contribution in [0.4, 0.5) is 11.5 Å². The maximum Gasteiger partial charge on any atom is 0.260 e. The number of fused-ring (bicyclic) bond motifs is 1. The molecule has 11 heteroatoms. The van der Waals surface area contributed by atoms with Crippen LogP contribution in [0.2, 0.25) is 0 Å². The van der Waals surface area contributed by atoms with Crippen molar-refractivity contribution in [2.45, 2.75) is 32.3 Å². The molecule has 1 unspecified atom stereocenters. The number of anilines is 2. The third-order valence-electron chi connectivity index (χ3n) is 9.56. The Morgan fingerprint density at radius 3 is 2.60 bits per heavy atom. The Kier molecular flexibility index (Phi) is 8.40. The van der Waals surface area contributed by atoms with Gasteiger partial charge in [-0.1, -0.05) is 24.8 Å². The Morgan fingerprint density at radius 2 is 1.90 bits per heavy atom. The molecule has 2 N–H and O–H groups in total. The van der Waals surface area contributed by atoms with Crippen molar-refractivity contribution in [3.63, 3.8) is 0 Å². The molecule has 0 bridgehead atoms. The van der Waals surface area contributed by atoms with E-state index in [4.69, 9.17) is 14.2 Å². The van der Waals surface area contributed by atoms with E-state index in [-0.39, 0.29) is 17.4 Å². The SMILES string of the molecule is C=C1C(C(=O)Nc2ccc(Oc3ccnc4cc(OCCCN5CC(O)C6(CC6)C5)c(OC)cc34)cn2)=C(C)N(C)N1c1ccccc1. The Morgan fingerprint density at radius 1 is 1.08 bits per heavy atom. The highest BCUT2D eigenvalue weighted by Crippen LogP contribution is 2.52. The van der Waals surface area contributed by atoms with Crippen LogP contribution in [-0.4, -0.2) is 77.4 Å². The van der Waals surface area contributed by atoms with E-state index in [1.807, 2.05) is 66.5 Å². The second-order valence-corrected chi connectivity index (χ2v) is 12.7. The lowest BCUT2D eigenvalue weighted by Crippen LogP contribution is -2.32. The molecule has 1 atom stereocenters. The van der Waals surface area contributed by atoms with Crippen LogP contribution in [0.1, 0.15) is 26.2 Å². The molecule has 1 spiro atoms. The van der Waals surface area contributed by atoms with Crippen LogP contribution in [0.25, 0.3) is 10.9 Å². The number of β-amino-alcohol motifs (C(OH)–C–C–N with tert-alkyl or cyclic N) is 1. The molecule has 48 heavy (non-hydrogen) atoms. The van der Waals surface area contributed by atoms with Crippen LogP contribution in [0.3, 0.4) is 0 Å². The Labute approximate surface area is 280 Å². The first-order valence-corrected chi connectivity index (χ1v) is 16.2. The summed E-state index contributed by atoms with van der Waals surface area (Å²) in [7, 11) is 3.51. The van der Waals surface area contributed by atoms with E-state index < -0.39 is 0 Å². The number of carbonyl (C=O) groups excluding carboxylic acids is 1. The zero-order valence-corrected chi connectivity index (χ0v) is 27.5. The maximum atomic E-state index is 13.4. The monoisotopic (exact) mass is 648 g/mol. The number of aliphatic hydroxyl groups is 1. The lowest BCUT2D eigenvalue weighted by Gasteiger charge is -2.29. The fourth-order valence-electron chi connectivity index (χ4n) is 6.66. The summed E-state index contributed by atoms with van der Waals surface area (Å²) >= 11 is 0. The number of methoxy groups -OCH3 is 1. The summed E-state index contributed by atoms with van der Waals surface area (Å²) in [5.74, 6) is 2.37. The number of nitrogens with one attached hydrogen (secondary N) is 1. The number of likely N-dealkylation sites (tertiary alicyclic amines) is 1. The molecular formula is C37H40N6O5. The number of nitrogens with zero attached hydrogens (tertiary/aromatic N) is 5. The molecule has 11 nitrogen and oxygen atoms in total. The van der Waals surface area contributed by atoms with Gasteiger partial charge >= 0.3 is 0 Å². The number of aliphatic hydroxyl groups excluding tert-OH is 1. The summed E-state index contributed by atoms with van der Waals surface area (Å²) in [5.41, 5.74) is 3.63. The fraction of sp³-hybridized carbons (Fsp3) is 0.324. The lowest BCUT2D eigenvalue weighted by molar-refractivity contribution is -0.112. The number of rotatable bonds is 11. The highest BCUT2D eigenvalue weighted by atomic mass is 16.5. The van der Waals surface area contributed by atoms with E-state index in [1.165, 1.54) is 0 Å². The Balaban J connectivity index is 0.985. The minimum atomic E-state index is -0.296. The summed E-state index contributed by atoms with van der Waals surface area (Å²) in [6.07, 6.45) is 6.17. The number of pyridine rings is 2. The highest BCUT2D eigenvalue weighted by Gasteiger charge is 2.54. The minimum absolute atomic E-state index is 0.160. The highest BCUT2D eigenvalue weighted by molar-refractivity contribution is 6.08. The van der Waals surface area contributed by atoms with Gasteiger partial charge < -0.3 is 24.6 Å². The van der Waals surface area contributed by atoms with Crippen molar-refractivity contribution in [3.05, 3.63) is 96.6 Å². The number of amides is 1. The molecule has 0 radical (unpaired) electrons. The zero-order valence-electron chi connectivity index (χ0n) is 27.5. The van der Waals surface area contributed by atoms with Gasteiger partial charge in [0.05, 0.1) is 48.5 Å². The first kappa shape index (κ1) is 31.5. The van der Waals surface area contributed by atoms with Crippen molar-refractivity contribution in [1.29, 1.82) is 0 Å². The topological polar surface area (TPSA) is 113 Å². The van der Waals surface area contributed by atoms with Gasteiger partial charge in [0.25, 0.3) is 5.91 Å². The van der Waals surface area contributed by atoms with Crippen molar-refractivity contribution in [2.75, 3.05) is 50.7 Å². The molecule has 3 aliphatic rings. The summed E-state index contributed by atoms with van der Waals surface area (Å²) in [4.78, 5) is 24.7. The normalized spacial score (nSPS) is 18.6. The van der Waals surface area contributed by atoms with Crippen LogP contribution in [0.5, 0.6) is 23.0 Å². The average molecular weight is 649 g/mol. The zero-order chi connectivity index (χ0) is 33.4. The maximum absolute atomic E-state index is 13.4. The van der Waals surface area contributed by atoms with Crippen LogP contribution in [0, 0.1) is 5.41 Å². The molecule has 1 saturated heterocycles. The predicted molar refractivity (Wildman–Crippen MR) is 184 cm³/mol. The van der Waals surface area contributed by atoms with Crippen molar-refractivity contribution >= 4 is 28.3 Å². The summed E-state index contributed by atoms with van der Waals surface area (Å²) < 4.78 is 18.0. The van der Waals surface area contributed by atoms with E-state index in [2.05, 4.69) is 26.8 Å². The fourth-order valence-corrected chi connectivity index (χ4v) is 6.66. The molecule has 4 heterocycles. The molecule has 2 aromatic heterocycles. The number of ether oxygens (including phenoxy) is 3. The standard InChI is InChI=1S/C37H40N6O5/c1-24-35(25(2)43(41(24)3)26-9-6-5-7-10-26)36(45)40-34-12-11-27(21-39-34)48-30-13-16-38-29-20-32(31(46-4)19-28(29)30)47-18-8-17-42-22-33(44)37(23-42)14-15-37/h5-7,9-13,16,19-21,33,44H,2,8,14-15,17-18,22-23H2,1,3-4H3,(H,39,40,45). The number of aromatic nitrogens is 2. The van der Waals surface area contributed by atoms with Crippen molar-refractivity contribution in [3.8, 4) is 23.0 Å². The van der Waals surface area contributed by atoms with Crippen molar-refractivity contribution < 1.29 is 24.1 Å². The van der Waals surface area contributed by atoms with Gasteiger partial charge in [-0.2, -0.15) is 0 Å². The van der Waals surface area contributed by atoms with Gasteiger partial charge in [-0.05, 0) is 62.6 Å². The van der Waals surface area contributed by atoms with Crippen LogP contribution in [0.15, 0.2) is 96.6 Å². The van der Waals surface area contributed by atoms with Gasteiger partial charge in [-0.3, -0.25) is 24.7 Å². The Bertz CT molecular complexity index is 1870. The van der Waals surface area contributed by atoms with E-state index in [9.17, 15) is 9.90 Å². The summed E-state index contributed by atoms with van der Waals surface area (Å²) in [5, 5.41) is 17.8. The first-order valence-electron chi connectivity index (χ1n) is 16.2. The minimum Gasteiger partial charge on any atom is -0.493 e. The molecule has 1 saturated carbocycles. The number of benzene rings is 2. The quantitative estimate of drug-likeness (QED) is 0.195. The molecule has 248 valence electrons. The third-order valence-corrected chi connectivity index (χ3v) is 9.56. The smallest absolute Gasteiger partial charge is 0.260 e. The van der Waals surface area contributed by atoms with E-state index in [0.717, 1.165) is 55.7 Å². The number of allylic oxidation sites excluding steroid dienone is 1. The largest absolute Gasteiger partial charge is 0.493 e. The first-order chi connectivity index (χ1) is 23.3. The third kappa shape index (κ3) is 6.02. The lowest BCUT2D eigenvalue weighted by atomic mass is 10.0. The van der Waals surface area contributed by atoms with Gasteiger partial charge in [-0.15, -0.1) is 0 Å². The number of hydrazine groups is 1. The molecular weight excluding hydrogens is 608 g/mol. The number of carbonyl (C=O) groups is 1. The van der Waals surface area contributed by atoms with E-state index >= 15 is 0 Å². The van der Waals surface area contributed by atoms with Gasteiger partial charge in [0.2, 0.25) is 0 Å². The van der Waals surface area contributed by atoms with E-state index in [1.54, 1.807) is 37.7 Å². The van der Waals surface area contributed by atoms with Crippen LogP contribution >= 0.6 is 0 Å². The second-order valence-electron chi connectivity index (χ2n) is 12.7. The van der Waals surface area contributed by atoms with Crippen molar-refractivity contribution in [2.24, 2.45) is 5.41 Å². The van der Waals surface area contributed by atoms with Gasteiger partial charge in [0.1, 0.15) is 17.3 Å². The number of hydrogen-bond acceptors (Lipinski definition) is 10. The summed E-state index contributed by atoms with van der Waals surface area (Å²) in [6.45, 7) is 9.23. The molecule has 2 aromatic carbocycles. The van der Waals surface area contributed by atoms with E-state index in [0.29, 0.717) is 52.2 Å². The van der Waals surface area contributed by atoms with Crippen molar-refractivity contribution in [1.82, 2.24) is 19.9 Å². The summed E-state index contributed by atoms with van der Waals surface area (Å²) in [6, 6.07) is 18.7. The predicted octanol–water partition coefficient (Wildman–Crippen LogP) is 5.75. The Hall–Kier alpha value is -5.13. The van der Waals surface area contributed by atoms with Gasteiger partial charge in [-0.25, -0.2) is 4.98 Å². The number of para-hydroxylation sites is 1. The van der Waals surface area contributed by atoms with Crippen LogP contribution < -0.4 is 24.5 Å². The van der Waals surface area contributed by atoms with Gasteiger partial charge in [0.15, 0.2) is 11.5 Å². The molecule has 7 rings (SSSR count). The molecule has 2 fully saturated rings. The van der Waals surface area contributed by atoms with Crippen LogP contribution in [-0.2, 0) is 4.79 Å². The molecule has 1 amide bonds.